The van der Waals surface area contributed by atoms with Gasteiger partial charge in [-0.1, -0.05) is 12.1 Å². The van der Waals surface area contributed by atoms with Crippen molar-refractivity contribution in [2.75, 3.05) is 6.54 Å². The number of thiazole rings is 1. The van der Waals surface area contributed by atoms with Crippen molar-refractivity contribution in [3.05, 3.63) is 53.4 Å². The Hall–Kier alpha value is -2.18. The van der Waals surface area contributed by atoms with Gasteiger partial charge in [-0.15, -0.1) is 11.3 Å². The van der Waals surface area contributed by atoms with Crippen LogP contribution in [-0.4, -0.2) is 22.5 Å². The Bertz CT molecular complexity index is 688. The van der Waals surface area contributed by atoms with Gasteiger partial charge in [-0.25, -0.2) is 4.98 Å². The van der Waals surface area contributed by atoms with Crippen molar-refractivity contribution in [2.45, 2.75) is 6.10 Å². The highest BCUT2D eigenvalue weighted by atomic mass is 32.1. The summed E-state index contributed by atoms with van der Waals surface area (Å²) < 4.78 is 5.85. The van der Waals surface area contributed by atoms with E-state index < -0.39 is 6.10 Å². The van der Waals surface area contributed by atoms with Crippen molar-refractivity contribution in [3.63, 3.8) is 0 Å². The first-order chi connectivity index (χ1) is 9.74. The molecule has 1 unspecified atom stereocenters. The zero-order chi connectivity index (χ0) is 13.9. The Kier molecular flexibility index (Phi) is 3.49. The van der Waals surface area contributed by atoms with E-state index in [0.717, 1.165) is 10.2 Å². The van der Waals surface area contributed by atoms with Gasteiger partial charge in [0.1, 0.15) is 0 Å². The highest BCUT2D eigenvalue weighted by Crippen LogP contribution is 2.21. The van der Waals surface area contributed by atoms with E-state index in [4.69, 9.17) is 4.42 Å². The summed E-state index contributed by atoms with van der Waals surface area (Å²) in [7, 11) is 0. The molecule has 5 nitrogen and oxygen atoms in total. The van der Waals surface area contributed by atoms with Crippen LogP contribution in [0.15, 0.2) is 47.3 Å². The topological polar surface area (TPSA) is 75.4 Å². The number of hydrogen-bond donors (Lipinski definition) is 2. The van der Waals surface area contributed by atoms with E-state index in [9.17, 15) is 9.90 Å². The normalized spacial score (nSPS) is 12.4. The van der Waals surface area contributed by atoms with Crippen LogP contribution in [0.25, 0.3) is 10.2 Å². The van der Waals surface area contributed by atoms with Crippen LogP contribution in [0.5, 0.6) is 0 Å². The third kappa shape index (κ3) is 2.56. The lowest BCUT2D eigenvalue weighted by atomic mass is 10.2. The van der Waals surface area contributed by atoms with Gasteiger partial charge < -0.3 is 14.8 Å². The monoisotopic (exact) mass is 288 g/mol. The lowest BCUT2D eigenvalue weighted by Crippen LogP contribution is -2.28. The Morgan fingerprint density at radius 3 is 3.00 bits per heavy atom. The van der Waals surface area contributed by atoms with Gasteiger partial charge in [0, 0.05) is 12.1 Å². The lowest BCUT2D eigenvalue weighted by molar-refractivity contribution is 0.0915. The summed E-state index contributed by atoms with van der Waals surface area (Å²) in [5.74, 6) is -0.284. The molecule has 0 spiro atoms. The minimum absolute atomic E-state index is 0.119. The number of nitrogens with one attached hydrogen (secondary N) is 1. The first kappa shape index (κ1) is 12.8. The fraction of sp³-hybridized carbons (Fsp3) is 0.143. The molecule has 2 aromatic heterocycles. The van der Waals surface area contributed by atoms with E-state index >= 15 is 0 Å². The first-order valence-corrected chi connectivity index (χ1v) is 6.89. The Balaban J connectivity index is 1.67. The van der Waals surface area contributed by atoms with Crippen LogP contribution in [0.3, 0.4) is 0 Å². The van der Waals surface area contributed by atoms with Crippen LogP contribution in [0, 0.1) is 0 Å². The molecule has 2 heterocycles. The molecule has 3 rings (SSSR count). The number of aromatic nitrogens is 1. The number of furan rings is 1. The second-order valence-corrected chi connectivity index (χ2v) is 5.30. The Morgan fingerprint density at radius 1 is 1.40 bits per heavy atom. The molecule has 0 aliphatic rings. The molecule has 2 N–H and O–H groups in total. The smallest absolute Gasteiger partial charge is 0.280 e. The average molecular weight is 288 g/mol. The third-order valence-electron chi connectivity index (χ3n) is 2.87. The highest BCUT2D eigenvalue weighted by Gasteiger charge is 2.14. The number of fused-ring (bicyclic) bond motifs is 1. The maximum Gasteiger partial charge on any atom is 0.280 e. The van der Waals surface area contributed by atoms with Crippen LogP contribution >= 0.6 is 11.3 Å². The molecule has 6 heteroatoms. The van der Waals surface area contributed by atoms with Gasteiger partial charge in [-0.2, -0.15) is 0 Å². The summed E-state index contributed by atoms with van der Waals surface area (Å²) >= 11 is 1.33. The number of aliphatic hydroxyl groups is 1. The van der Waals surface area contributed by atoms with Crippen molar-refractivity contribution in [1.29, 1.82) is 0 Å². The van der Waals surface area contributed by atoms with E-state index in [2.05, 4.69) is 10.3 Å². The third-order valence-corrected chi connectivity index (χ3v) is 3.91. The van der Waals surface area contributed by atoms with Crippen molar-refractivity contribution in [3.8, 4) is 0 Å². The molecule has 0 aliphatic heterocycles. The second kappa shape index (κ2) is 5.44. The van der Waals surface area contributed by atoms with E-state index in [1.807, 2.05) is 24.3 Å². The number of hydrogen-bond acceptors (Lipinski definition) is 5. The number of carbonyl (C=O) groups excluding carboxylic acids is 1. The summed E-state index contributed by atoms with van der Waals surface area (Å²) in [6, 6.07) is 9.23. The second-order valence-electron chi connectivity index (χ2n) is 4.27. The van der Waals surface area contributed by atoms with Crippen LogP contribution in [0.2, 0.25) is 0 Å². The maximum atomic E-state index is 12.0. The molecule has 20 heavy (non-hydrogen) atoms. The number of para-hydroxylation sites is 1. The molecule has 0 bridgehead atoms. The van der Waals surface area contributed by atoms with E-state index in [1.165, 1.54) is 23.9 Å². The van der Waals surface area contributed by atoms with Crippen molar-refractivity contribution >= 4 is 27.5 Å². The van der Waals surface area contributed by atoms with Gasteiger partial charge in [-0.05, 0) is 18.2 Å². The average Bonchev–Trinajstić information content (AvgIpc) is 3.12. The molecule has 1 atom stereocenters. The molecule has 1 amide bonds. The molecule has 1 aromatic carbocycles. The number of benzene rings is 1. The Morgan fingerprint density at radius 2 is 2.25 bits per heavy atom. The standard InChI is InChI=1S/C14H12N2O3S/c17-11(9-5-6-19-8-9)7-15-13(18)14-16-10-3-1-2-4-12(10)20-14/h1-6,8,11,17H,7H2,(H,15,18). The fourth-order valence-electron chi connectivity index (χ4n) is 1.82. The maximum absolute atomic E-state index is 12.0. The van der Waals surface area contributed by atoms with Crippen molar-refractivity contribution < 1.29 is 14.3 Å². The molecule has 102 valence electrons. The van der Waals surface area contributed by atoms with Gasteiger partial charge >= 0.3 is 0 Å². The molecular formula is C14H12N2O3S. The molecule has 0 fully saturated rings. The fourth-order valence-corrected chi connectivity index (χ4v) is 2.70. The quantitative estimate of drug-likeness (QED) is 0.772. The van der Waals surface area contributed by atoms with Crippen molar-refractivity contribution in [1.82, 2.24) is 10.3 Å². The van der Waals surface area contributed by atoms with E-state index in [1.54, 1.807) is 6.07 Å². The summed E-state index contributed by atoms with van der Waals surface area (Å²) in [5, 5.41) is 12.9. The summed E-state index contributed by atoms with van der Waals surface area (Å²) in [6.45, 7) is 0.119. The number of nitrogens with zero attached hydrogens (tertiary/aromatic N) is 1. The van der Waals surface area contributed by atoms with Gasteiger partial charge in [0.2, 0.25) is 0 Å². The van der Waals surface area contributed by atoms with Gasteiger partial charge in [0.25, 0.3) is 5.91 Å². The first-order valence-electron chi connectivity index (χ1n) is 6.08. The SMILES string of the molecule is O=C(NCC(O)c1ccoc1)c1nc2ccccc2s1. The number of carbonyl (C=O) groups is 1. The molecule has 0 radical (unpaired) electrons. The summed E-state index contributed by atoms with van der Waals surface area (Å²) in [5.41, 5.74) is 1.44. The zero-order valence-electron chi connectivity index (χ0n) is 10.4. The van der Waals surface area contributed by atoms with Gasteiger partial charge in [-0.3, -0.25) is 4.79 Å². The molecular weight excluding hydrogens is 276 g/mol. The Labute approximate surface area is 118 Å². The summed E-state index contributed by atoms with van der Waals surface area (Å²) in [4.78, 5) is 16.3. The number of aliphatic hydroxyl groups excluding tert-OH is 1. The molecule has 3 aromatic rings. The minimum atomic E-state index is -0.785. The van der Waals surface area contributed by atoms with Crippen LogP contribution < -0.4 is 5.32 Å². The van der Waals surface area contributed by atoms with Crippen LogP contribution in [0.1, 0.15) is 21.5 Å². The minimum Gasteiger partial charge on any atom is -0.472 e. The van der Waals surface area contributed by atoms with Gasteiger partial charge in [0.05, 0.1) is 28.8 Å². The van der Waals surface area contributed by atoms with Crippen molar-refractivity contribution in [2.24, 2.45) is 0 Å². The number of rotatable bonds is 4. The van der Waals surface area contributed by atoms with Gasteiger partial charge in [0.15, 0.2) is 5.01 Å². The largest absolute Gasteiger partial charge is 0.472 e. The van der Waals surface area contributed by atoms with Crippen LogP contribution in [-0.2, 0) is 0 Å². The highest BCUT2D eigenvalue weighted by molar-refractivity contribution is 7.20. The lowest BCUT2D eigenvalue weighted by Gasteiger charge is -2.08. The number of amides is 1. The van der Waals surface area contributed by atoms with Crippen LogP contribution in [0.4, 0.5) is 0 Å². The molecule has 0 saturated heterocycles. The zero-order valence-corrected chi connectivity index (χ0v) is 11.3. The summed E-state index contributed by atoms with van der Waals surface area (Å²) in [6.07, 6.45) is 2.15. The molecule has 0 saturated carbocycles. The molecule has 0 aliphatic carbocycles. The predicted molar refractivity (Wildman–Crippen MR) is 75.6 cm³/mol. The predicted octanol–water partition coefficient (Wildman–Crippen LogP) is 2.35. The van der Waals surface area contributed by atoms with E-state index in [-0.39, 0.29) is 12.5 Å². The van der Waals surface area contributed by atoms with E-state index in [0.29, 0.717) is 10.6 Å².